The maximum Gasteiger partial charge on any atom is 0.224 e. The van der Waals surface area contributed by atoms with E-state index in [0.717, 1.165) is 0 Å². The zero-order chi connectivity index (χ0) is 17.5. The molecule has 128 valence electrons. The van der Waals surface area contributed by atoms with E-state index in [4.69, 9.17) is 0 Å². The molecule has 6 nitrogen and oxygen atoms in total. The minimum atomic E-state index is -0.479. The first kappa shape index (κ1) is 17.7. The monoisotopic (exact) mass is 332 g/mol. The van der Waals surface area contributed by atoms with E-state index in [1.807, 2.05) is 13.8 Å². The Balaban J connectivity index is 1.84. The SMILES string of the molecule is CC(C)NC(=O)CCCC(=O)Nc1ccc(-n2cccn2)c(F)c1. The van der Waals surface area contributed by atoms with Crippen LogP contribution in [0.25, 0.3) is 5.69 Å². The number of halogens is 1. The van der Waals surface area contributed by atoms with Gasteiger partial charge in [-0.3, -0.25) is 9.59 Å². The molecule has 0 aliphatic carbocycles. The summed E-state index contributed by atoms with van der Waals surface area (Å²) in [5.41, 5.74) is 0.684. The summed E-state index contributed by atoms with van der Waals surface area (Å²) in [7, 11) is 0. The second-order valence-corrected chi connectivity index (χ2v) is 5.74. The molecule has 0 aliphatic rings. The molecule has 0 spiro atoms. The highest BCUT2D eigenvalue weighted by atomic mass is 19.1. The zero-order valence-electron chi connectivity index (χ0n) is 13.8. The van der Waals surface area contributed by atoms with E-state index in [0.29, 0.717) is 17.8 Å². The first-order valence-corrected chi connectivity index (χ1v) is 7.84. The Hall–Kier alpha value is -2.70. The molecule has 0 unspecified atom stereocenters. The minimum absolute atomic E-state index is 0.0765. The maximum atomic E-state index is 14.1. The fourth-order valence-corrected chi connectivity index (χ4v) is 2.21. The van der Waals surface area contributed by atoms with Crippen molar-refractivity contribution in [2.24, 2.45) is 0 Å². The van der Waals surface area contributed by atoms with Crippen molar-refractivity contribution in [3.63, 3.8) is 0 Å². The molecule has 7 heteroatoms. The van der Waals surface area contributed by atoms with Crippen LogP contribution in [0.1, 0.15) is 33.1 Å². The lowest BCUT2D eigenvalue weighted by atomic mass is 10.2. The van der Waals surface area contributed by atoms with Crippen LogP contribution in [0, 0.1) is 5.82 Å². The molecule has 2 aromatic rings. The number of carbonyl (C=O) groups excluding carboxylic acids is 2. The van der Waals surface area contributed by atoms with Gasteiger partial charge in [-0.25, -0.2) is 9.07 Å². The molecule has 0 bridgehead atoms. The molecule has 2 amide bonds. The van der Waals surface area contributed by atoms with Gasteiger partial charge in [0.25, 0.3) is 0 Å². The number of hydrogen-bond acceptors (Lipinski definition) is 3. The summed E-state index contributed by atoms with van der Waals surface area (Å²) in [5, 5.41) is 9.36. The van der Waals surface area contributed by atoms with Gasteiger partial charge in [0.15, 0.2) is 5.82 Å². The molecule has 0 aliphatic heterocycles. The molecule has 24 heavy (non-hydrogen) atoms. The summed E-state index contributed by atoms with van der Waals surface area (Å²) < 4.78 is 15.5. The Morgan fingerprint density at radius 1 is 1.25 bits per heavy atom. The number of carbonyl (C=O) groups is 2. The topological polar surface area (TPSA) is 76.0 Å². The molecular formula is C17H21FN4O2. The Morgan fingerprint density at radius 2 is 2.00 bits per heavy atom. The molecule has 0 saturated carbocycles. The van der Waals surface area contributed by atoms with Gasteiger partial charge >= 0.3 is 0 Å². The predicted octanol–water partition coefficient (Wildman–Crippen LogP) is 2.64. The number of nitrogens with one attached hydrogen (secondary N) is 2. The Bertz CT molecular complexity index is 699. The van der Waals surface area contributed by atoms with Crippen LogP contribution in [0.15, 0.2) is 36.7 Å². The fraction of sp³-hybridized carbons (Fsp3) is 0.353. The second-order valence-electron chi connectivity index (χ2n) is 5.74. The largest absolute Gasteiger partial charge is 0.354 e. The highest BCUT2D eigenvalue weighted by Crippen LogP contribution is 2.18. The number of nitrogens with zero attached hydrogens (tertiary/aromatic N) is 2. The van der Waals surface area contributed by atoms with E-state index in [-0.39, 0.29) is 30.7 Å². The average molecular weight is 332 g/mol. The third-order valence-electron chi connectivity index (χ3n) is 3.24. The van der Waals surface area contributed by atoms with Gasteiger partial charge in [-0.05, 0) is 44.5 Å². The van der Waals surface area contributed by atoms with Gasteiger partial charge in [-0.2, -0.15) is 5.10 Å². The quantitative estimate of drug-likeness (QED) is 0.818. The Kier molecular flexibility index (Phi) is 6.06. The highest BCUT2D eigenvalue weighted by molar-refractivity contribution is 5.91. The van der Waals surface area contributed by atoms with Crippen LogP contribution in [0.2, 0.25) is 0 Å². The van der Waals surface area contributed by atoms with Crippen molar-refractivity contribution in [3.8, 4) is 5.69 Å². The van der Waals surface area contributed by atoms with Crippen LogP contribution >= 0.6 is 0 Å². The van der Waals surface area contributed by atoms with Gasteiger partial charge in [0, 0.05) is 37.0 Å². The number of aromatic nitrogens is 2. The minimum Gasteiger partial charge on any atom is -0.354 e. The van der Waals surface area contributed by atoms with Crippen molar-refractivity contribution in [2.75, 3.05) is 5.32 Å². The molecule has 0 atom stereocenters. The molecule has 0 fully saturated rings. The van der Waals surface area contributed by atoms with Crippen molar-refractivity contribution in [1.82, 2.24) is 15.1 Å². The molecule has 1 aromatic heterocycles. The number of rotatable bonds is 7. The second kappa shape index (κ2) is 8.24. The first-order valence-electron chi connectivity index (χ1n) is 7.84. The number of benzene rings is 1. The number of amides is 2. The van der Waals surface area contributed by atoms with Crippen molar-refractivity contribution in [1.29, 1.82) is 0 Å². The summed E-state index contributed by atoms with van der Waals surface area (Å²) in [5.74, 6) is -0.807. The van der Waals surface area contributed by atoms with Crippen LogP contribution in [-0.2, 0) is 9.59 Å². The van der Waals surface area contributed by atoms with Crippen molar-refractivity contribution >= 4 is 17.5 Å². The summed E-state index contributed by atoms with van der Waals surface area (Å²) in [6, 6.07) is 6.20. The van der Waals surface area contributed by atoms with E-state index in [1.165, 1.54) is 10.7 Å². The molecule has 1 heterocycles. The van der Waals surface area contributed by atoms with E-state index < -0.39 is 5.82 Å². The predicted molar refractivity (Wildman–Crippen MR) is 89.3 cm³/mol. The lowest BCUT2D eigenvalue weighted by Gasteiger charge is -2.09. The molecule has 0 radical (unpaired) electrons. The molecular weight excluding hydrogens is 311 g/mol. The molecule has 0 saturated heterocycles. The number of anilines is 1. The zero-order valence-corrected chi connectivity index (χ0v) is 13.8. The fourth-order valence-electron chi connectivity index (χ4n) is 2.21. The molecule has 2 N–H and O–H groups in total. The third-order valence-corrected chi connectivity index (χ3v) is 3.24. The van der Waals surface area contributed by atoms with Gasteiger partial charge in [0.05, 0.1) is 0 Å². The van der Waals surface area contributed by atoms with Crippen molar-refractivity contribution < 1.29 is 14.0 Å². The van der Waals surface area contributed by atoms with E-state index >= 15 is 0 Å². The van der Waals surface area contributed by atoms with Crippen molar-refractivity contribution in [2.45, 2.75) is 39.2 Å². The van der Waals surface area contributed by atoms with Crippen LogP contribution in [0.5, 0.6) is 0 Å². The lowest BCUT2D eigenvalue weighted by Crippen LogP contribution is -2.30. The summed E-state index contributed by atoms with van der Waals surface area (Å²) in [4.78, 5) is 23.3. The van der Waals surface area contributed by atoms with E-state index in [2.05, 4.69) is 15.7 Å². The van der Waals surface area contributed by atoms with Gasteiger partial charge in [0.1, 0.15) is 5.69 Å². The van der Waals surface area contributed by atoms with Crippen LogP contribution in [0.4, 0.5) is 10.1 Å². The van der Waals surface area contributed by atoms with Gasteiger partial charge < -0.3 is 10.6 Å². The van der Waals surface area contributed by atoms with E-state index in [9.17, 15) is 14.0 Å². The van der Waals surface area contributed by atoms with Crippen LogP contribution < -0.4 is 10.6 Å². The summed E-state index contributed by atoms with van der Waals surface area (Å²) in [6.07, 6.45) is 4.13. The molecule has 1 aromatic carbocycles. The maximum absolute atomic E-state index is 14.1. The molecule has 2 rings (SSSR count). The smallest absolute Gasteiger partial charge is 0.224 e. The standard InChI is InChI=1S/C17H21FN4O2/c1-12(2)20-16(23)5-3-6-17(24)21-13-7-8-15(14(18)11-13)22-10-4-9-19-22/h4,7-12H,3,5-6H2,1-2H3,(H,20,23)(H,21,24). The normalized spacial score (nSPS) is 10.7. The summed E-state index contributed by atoms with van der Waals surface area (Å²) in [6.45, 7) is 3.76. The van der Waals surface area contributed by atoms with Gasteiger partial charge in [-0.15, -0.1) is 0 Å². The number of hydrogen-bond donors (Lipinski definition) is 2. The Labute approximate surface area is 140 Å². The Morgan fingerprint density at radius 3 is 2.62 bits per heavy atom. The van der Waals surface area contributed by atoms with Gasteiger partial charge in [0.2, 0.25) is 11.8 Å². The van der Waals surface area contributed by atoms with Crippen LogP contribution in [0.3, 0.4) is 0 Å². The van der Waals surface area contributed by atoms with Crippen molar-refractivity contribution in [3.05, 3.63) is 42.5 Å². The summed E-state index contributed by atoms with van der Waals surface area (Å²) >= 11 is 0. The third kappa shape index (κ3) is 5.19. The highest BCUT2D eigenvalue weighted by Gasteiger charge is 2.09. The van der Waals surface area contributed by atoms with Gasteiger partial charge in [-0.1, -0.05) is 0 Å². The van der Waals surface area contributed by atoms with E-state index in [1.54, 1.807) is 30.6 Å². The lowest BCUT2D eigenvalue weighted by molar-refractivity contribution is -0.121. The van der Waals surface area contributed by atoms with Crippen LogP contribution in [-0.4, -0.2) is 27.6 Å². The first-order chi connectivity index (χ1) is 11.5. The average Bonchev–Trinajstić information content (AvgIpc) is 3.00.